The van der Waals surface area contributed by atoms with E-state index in [4.69, 9.17) is 28.4 Å². The number of aliphatic hydroxyl groups excluding tert-OH is 10. The van der Waals surface area contributed by atoms with Crippen LogP contribution in [0.5, 0.6) is 0 Å². The van der Waals surface area contributed by atoms with Crippen molar-refractivity contribution in [1.29, 1.82) is 0 Å². The number of ether oxygens (including phenoxy) is 6. The molecule has 0 aromatic rings. The zero-order valence-corrected chi connectivity index (χ0v) is 23.9. The molecule has 5 aliphatic rings. The first-order valence-corrected chi connectivity index (χ1v) is 15.0. The number of methoxy groups -OCH3 is 1. The lowest BCUT2D eigenvalue weighted by Gasteiger charge is -2.49. The number of aliphatic hydroxyl groups is 12. The van der Waals surface area contributed by atoms with Gasteiger partial charge in [0, 0.05) is 25.9 Å². The molecule has 5 fully saturated rings. The maximum atomic E-state index is 11.0. The van der Waals surface area contributed by atoms with Gasteiger partial charge in [-0.3, -0.25) is 0 Å². The Bertz CT molecular complexity index is 899. The number of hydrogen-bond acceptors (Lipinski definition) is 15. The third-order valence-corrected chi connectivity index (χ3v) is 9.78. The Morgan fingerprint density at radius 3 is 2.14 bits per heavy atom. The van der Waals surface area contributed by atoms with Crippen LogP contribution in [0.1, 0.15) is 32.1 Å². The third-order valence-electron chi connectivity index (χ3n) is 9.78. The molecule has 0 aromatic carbocycles. The van der Waals surface area contributed by atoms with Gasteiger partial charge in [-0.15, -0.1) is 0 Å². The standard InChI is InChI=1S/C27H46O16/c1-38-16-3-9(2-13(31)19(16)33)24-17(6-11-12(30)4-10(29)5-15(11)40-24)41-27-25(22(36)21(35)18(7-28)42-27)43-26-23(37)20(34)14(32)8-39-26/h9-37H,2-8H2,1H3/p+1/t9?,10?,11?,12?,13?,14-,15?,16?,17?,18-,19?,20+,21-,22+,23-,24?,25-,26+,27-/m1/s1. The van der Waals surface area contributed by atoms with Crippen LogP contribution in [-0.4, -0.2) is 180 Å². The van der Waals surface area contributed by atoms with Gasteiger partial charge in [-0.05, 0) is 19.3 Å². The van der Waals surface area contributed by atoms with Crippen LogP contribution in [-0.2, 0) is 23.7 Å². The van der Waals surface area contributed by atoms with Crippen LogP contribution in [0.15, 0.2) is 0 Å². The first-order valence-electron chi connectivity index (χ1n) is 15.0. The Labute approximate surface area is 248 Å². The van der Waals surface area contributed by atoms with Crippen molar-refractivity contribution < 1.29 is 79.5 Å². The first-order chi connectivity index (χ1) is 20.4. The second-order valence-corrected chi connectivity index (χ2v) is 12.6. The molecule has 0 aromatic heterocycles. The largest absolute Gasteiger partial charge is 0.427 e. The average Bonchev–Trinajstić information content (AvgIpc) is 2.97. The van der Waals surface area contributed by atoms with Crippen molar-refractivity contribution in [1.82, 2.24) is 0 Å². The lowest BCUT2D eigenvalue weighted by molar-refractivity contribution is -0.382. The Morgan fingerprint density at radius 2 is 1.44 bits per heavy atom. The minimum Gasteiger partial charge on any atom is -0.427 e. The monoisotopic (exact) mass is 627 g/mol. The summed E-state index contributed by atoms with van der Waals surface area (Å²) in [5.41, 5.74) is 0. The minimum absolute atomic E-state index is 0.155. The Hall–Kier alpha value is -0.640. The van der Waals surface area contributed by atoms with Crippen LogP contribution in [0.25, 0.3) is 0 Å². The van der Waals surface area contributed by atoms with E-state index in [0.717, 1.165) is 0 Å². The van der Waals surface area contributed by atoms with Gasteiger partial charge in [0.2, 0.25) is 0 Å². The normalized spacial score (nSPS) is 54.6. The summed E-state index contributed by atoms with van der Waals surface area (Å²) in [7, 11) is 1.43. The van der Waals surface area contributed by atoms with E-state index in [2.05, 4.69) is 0 Å². The maximum absolute atomic E-state index is 11.0. The Kier molecular flexibility index (Phi) is 11.0. The molecular weight excluding hydrogens is 580 g/mol. The summed E-state index contributed by atoms with van der Waals surface area (Å²) >= 11 is 0. The van der Waals surface area contributed by atoms with Crippen molar-refractivity contribution in [3.63, 3.8) is 0 Å². The van der Waals surface area contributed by atoms with Gasteiger partial charge in [-0.2, -0.15) is 0 Å². The predicted octanol–water partition coefficient (Wildman–Crippen LogP) is -5.42. The molecule has 2 saturated carbocycles. The zero-order valence-electron chi connectivity index (χ0n) is 23.9. The molecule has 3 heterocycles. The second kappa shape index (κ2) is 14.0. The van der Waals surface area contributed by atoms with E-state index in [0.29, 0.717) is 12.8 Å². The molecule has 10 unspecified atom stereocenters. The molecule has 250 valence electrons. The molecule has 2 aliphatic carbocycles. The van der Waals surface area contributed by atoms with Gasteiger partial charge in [0.15, 0.2) is 24.8 Å². The highest BCUT2D eigenvalue weighted by Crippen LogP contribution is 2.43. The molecule has 19 atom stereocenters. The Morgan fingerprint density at radius 1 is 0.698 bits per heavy atom. The van der Waals surface area contributed by atoms with Crippen molar-refractivity contribution in [2.45, 2.75) is 136 Å². The first kappa shape index (κ1) is 33.7. The van der Waals surface area contributed by atoms with Crippen LogP contribution in [0.3, 0.4) is 0 Å². The fourth-order valence-electron chi connectivity index (χ4n) is 7.31. The zero-order chi connectivity index (χ0) is 31.2. The van der Waals surface area contributed by atoms with Gasteiger partial charge in [-0.25, -0.2) is 0 Å². The summed E-state index contributed by atoms with van der Waals surface area (Å²) < 4.78 is 33.8. The quantitative estimate of drug-likeness (QED) is 0.118. The predicted molar refractivity (Wildman–Crippen MR) is 140 cm³/mol. The molecular formula is C27H47O16+. The molecule has 3 aliphatic heterocycles. The van der Waals surface area contributed by atoms with E-state index in [1.165, 1.54) is 7.11 Å². The maximum Gasteiger partial charge on any atom is 0.187 e. The fourth-order valence-corrected chi connectivity index (χ4v) is 7.31. The molecule has 11 N–H and O–H groups in total. The average molecular weight is 628 g/mol. The third kappa shape index (κ3) is 6.90. The summed E-state index contributed by atoms with van der Waals surface area (Å²) in [6, 6.07) is 0. The van der Waals surface area contributed by atoms with Crippen LogP contribution in [0.2, 0.25) is 0 Å². The summed E-state index contributed by atoms with van der Waals surface area (Å²) in [5, 5.41) is 104. The van der Waals surface area contributed by atoms with E-state index in [9.17, 15) is 51.1 Å². The summed E-state index contributed by atoms with van der Waals surface area (Å²) in [5.74, 6) is -0.757. The molecule has 3 saturated heterocycles. The molecule has 0 radical (unpaired) electrons. The van der Waals surface area contributed by atoms with Crippen LogP contribution >= 0.6 is 0 Å². The number of hydrogen-bond donors (Lipinski definition) is 10. The lowest BCUT2D eigenvalue weighted by atomic mass is 9.72. The fraction of sp³-hybridized carbons (Fsp3) is 1.00. The van der Waals surface area contributed by atoms with E-state index in [1.54, 1.807) is 0 Å². The van der Waals surface area contributed by atoms with E-state index in [1.807, 2.05) is 0 Å². The van der Waals surface area contributed by atoms with Gasteiger partial charge in [-0.1, -0.05) is 0 Å². The topological polar surface area (TPSA) is 261 Å². The molecule has 16 nitrogen and oxygen atoms in total. The highest BCUT2D eigenvalue weighted by atomic mass is 16.8. The highest BCUT2D eigenvalue weighted by Gasteiger charge is 2.56. The van der Waals surface area contributed by atoms with E-state index in [-0.39, 0.29) is 31.8 Å². The second-order valence-electron chi connectivity index (χ2n) is 12.6. The SMILES string of the molecule is COC1CC(C2[OH+]C3CC(O)CC(O)C3CC2O[C@@H]2O[C@H](CO)[C@@H](O)[C@H](O)[C@H]2O[C@@H]2OC[C@@H](O)[C@H](O)[C@H]2O)CC(O)C1O. The molecule has 0 bridgehead atoms. The van der Waals surface area contributed by atoms with Gasteiger partial charge >= 0.3 is 0 Å². The molecule has 16 heteroatoms. The smallest absolute Gasteiger partial charge is 0.187 e. The lowest BCUT2D eigenvalue weighted by Crippen LogP contribution is -2.65. The number of rotatable bonds is 7. The van der Waals surface area contributed by atoms with Crippen LogP contribution in [0.4, 0.5) is 0 Å². The van der Waals surface area contributed by atoms with Gasteiger partial charge < -0.3 is 79.5 Å². The van der Waals surface area contributed by atoms with Crippen molar-refractivity contribution in [3.05, 3.63) is 0 Å². The number of fused-ring (bicyclic) bond motifs is 1. The van der Waals surface area contributed by atoms with Crippen molar-refractivity contribution in [2.75, 3.05) is 20.3 Å². The van der Waals surface area contributed by atoms with Crippen LogP contribution < -0.4 is 0 Å². The van der Waals surface area contributed by atoms with E-state index >= 15 is 0 Å². The van der Waals surface area contributed by atoms with Crippen molar-refractivity contribution in [2.24, 2.45) is 11.8 Å². The summed E-state index contributed by atoms with van der Waals surface area (Å²) in [6.07, 6.45) is -19.1. The van der Waals surface area contributed by atoms with Crippen LogP contribution in [0, 0.1) is 11.8 Å². The van der Waals surface area contributed by atoms with E-state index < -0.39 is 117 Å². The summed E-state index contributed by atoms with van der Waals surface area (Å²) in [6.45, 7) is -1.06. The molecule has 5 rings (SSSR count). The van der Waals surface area contributed by atoms with Gasteiger partial charge in [0.1, 0.15) is 54.9 Å². The highest BCUT2D eigenvalue weighted by molar-refractivity contribution is 5.00. The van der Waals surface area contributed by atoms with Crippen molar-refractivity contribution >= 4 is 0 Å². The van der Waals surface area contributed by atoms with Gasteiger partial charge in [0.25, 0.3) is 0 Å². The Balaban J connectivity index is 1.41. The summed E-state index contributed by atoms with van der Waals surface area (Å²) in [4.78, 5) is 0. The molecule has 0 amide bonds. The molecule has 0 spiro atoms. The molecule has 43 heavy (non-hydrogen) atoms. The van der Waals surface area contributed by atoms with Crippen molar-refractivity contribution in [3.8, 4) is 0 Å². The minimum atomic E-state index is -1.72. The van der Waals surface area contributed by atoms with Gasteiger partial charge in [0.05, 0.1) is 43.5 Å².